The summed E-state index contributed by atoms with van der Waals surface area (Å²) in [4.78, 5) is 27.0. The molecule has 1 fully saturated rings. The smallest absolute Gasteiger partial charge is 0.254 e. The van der Waals surface area contributed by atoms with Gasteiger partial charge in [-0.15, -0.1) is 11.8 Å². The van der Waals surface area contributed by atoms with E-state index in [4.69, 9.17) is 5.73 Å². The lowest BCUT2D eigenvalue weighted by atomic mass is 10.1. The number of likely N-dealkylation sites (tertiary alicyclic amines) is 1. The SMILES string of the molecule is CC1CC(CN)CN1C(=O)c1ccc2c(c1)NC(=O)CS2. The maximum absolute atomic E-state index is 12.7. The predicted molar refractivity (Wildman–Crippen MR) is 83.5 cm³/mol. The third-order valence-electron chi connectivity index (χ3n) is 4.11. The molecule has 0 aliphatic carbocycles. The summed E-state index contributed by atoms with van der Waals surface area (Å²) in [5.41, 5.74) is 7.08. The van der Waals surface area contributed by atoms with Crippen LogP contribution in [-0.4, -0.2) is 41.6 Å². The van der Waals surface area contributed by atoms with Gasteiger partial charge in [0, 0.05) is 23.0 Å². The van der Waals surface area contributed by atoms with E-state index in [9.17, 15) is 9.59 Å². The second-order valence-electron chi connectivity index (χ2n) is 5.69. The Balaban J connectivity index is 1.82. The normalized spacial score (nSPS) is 24.7. The molecule has 0 bridgehead atoms. The number of amides is 2. The maximum Gasteiger partial charge on any atom is 0.254 e. The highest BCUT2D eigenvalue weighted by atomic mass is 32.2. The van der Waals surface area contributed by atoms with Crippen LogP contribution in [0.1, 0.15) is 23.7 Å². The van der Waals surface area contributed by atoms with E-state index in [1.807, 2.05) is 17.0 Å². The molecule has 112 valence electrons. The summed E-state index contributed by atoms with van der Waals surface area (Å²) in [6.07, 6.45) is 0.958. The Kier molecular flexibility index (Phi) is 3.91. The molecule has 2 heterocycles. The summed E-state index contributed by atoms with van der Waals surface area (Å²) in [6, 6.07) is 5.75. The summed E-state index contributed by atoms with van der Waals surface area (Å²) in [5, 5.41) is 2.83. The van der Waals surface area contributed by atoms with Gasteiger partial charge in [-0.2, -0.15) is 0 Å². The molecule has 2 atom stereocenters. The van der Waals surface area contributed by atoms with Crippen molar-refractivity contribution >= 4 is 29.3 Å². The molecule has 0 aromatic heterocycles. The number of anilines is 1. The lowest BCUT2D eigenvalue weighted by Crippen LogP contribution is -2.34. The third-order valence-corrected chi connectivity index (χ3v) is 5.19. The molecule has 3 N–H and O–H groups in total. The van der Waals surface area contributed by atoms with E-state index >= 15 is 0 Å². The van der Waals surface area contributed by atoms with Crippen LogP contribution in [0.4, 0.5) is 5.69 Å². The first kappa shape index (κ1) is 14.4. The quantitative estimate of drug-likeness (QED) is 0.869. The standard InChI is InChI=1S/C15H19N3O2S/c1-9-4-10(6-16)7-18(9)15(20)11-2-3-13-12(5-11)17-14(19)8-21-13/h2-3,5,9-10H,4,6-8,16H2,1H3,(H,17,19). The molecule has 1 aromatic rings. The first-order valence-electron chi connectivity index (χ1n) is 7.16. The molecular weight excluding hydrogens is 286 g/mol. The van der Waals surface area contributed by atoms with Crippen LogP contribution in [0.2, 0.25) is 0 Å². The van der Waals surface area contributed by atoms with Gasteiger partial charge in [0.15, 0.2) is 0 Å². The Hall–Kier alpha value is -1.53. The van der Waals surface area contributed by atoms with E-state index in [1.165, 1.54) is 11.8 Å². The highest BCUT2D eigenvalue weighted by molar-refractivity contribution is 8.00. The van der Waals surface area contributed by atoms with Crippen molar-refractivity contribution in [2.75, 3.05) is 24.2 Å². The van der Waals surface area contributed by atoms with Gasteiger partial charge in [0.2, 0.25) is 5.91 Å². The zero-order chi connectivity index (χ0) is 15.0. The van der Waals surface area contributed by atoms with Crippen molar-refractivity contribution in [1.82, 2.24) is 4.90 Å². The summed E-state index contributed by atoms with van der Waals surface area (Å²) in [6.45, 7) is 3.39. The molecule has 2 amide bonds. The second kappa shape index (κ2) is 5.69. The molecule has 5 nitrogen and oxygen atoms in total. The van der Waals surface area contributed by atoms with Crippen LogP contribution in [0.15, 0.2) is 23.1 Å². The van der Waals surface area contributed by atoms with E-state index in [0.29, 0.717) is 30.3 Å². The molecule has 0 radical (unpaired) electrons. The summed E-state index contributed by atoms with van der Waals surface area (Å²) < 4.78 is 0. The molecule has 2 unspecified atom stereocenters. The van der Waals surface area contributed by atoms with Gasteiger partial charge in [-0.05, 0) is 44.0 Å². The van der Waals surface area contributed by atoms with E-state index in [-0.39, 0.29) is 17.9 Å². The summed E-state index contributed by atoms with van der Waals surface area (Å²) >= 11 is 1.50. The first-order valence-corrected chi connectivity index (χ1v) is 8.14. The molecule has 3 rings (SSSR count). The number of carbonyl (C=O) groups is 2. The first-order chi connectivity index (χ1) is 10.1. The van der Waals surface area contributed by atoms with E-state index < -0.39 is 0 Å². The highest BCUT2D eigenvalue weighted by Gasteiger charge is 2.32. The third kappa shape index (κ3) is 2.78. The number of thioether (sulfide) groups is 1. The number of fused-ring (bicyclic) bond motifs is 1. The molecule has 2 aliphatic rings. The fourth-order valence-corrected chi connectivity index (χ4v) is 3.77. The predicted octanol–water partition coefficient (Wildman–Crippen LogP) is 1.54. The van der Waals surface area contributed by atoms with Crippen LogP contribution in [0.25, 0.3) is 0 Å². The lowest BCUT2D eigenvalue weighted by molar-refractivity contribution is -0.113. The number of hydrogen-bond donors (Lipinski definition) is 2. The van der Waals surface area contributed by atoms with Crippen molar-refractivity contribution in [3.05, 3.63) is 23.8 Å². The monoisotopic (exact) mass is 305 g/mol. The van der Waals surface area contributed by atoms with Crippen LogP contribution in [0, 0.1) is 5.92 Å². The number of nitrogens with one attached hydrogen (secondary N) is 1. The molecule has 21 heavy (non-hydrogen) atoms. The highest BCUT2D eigenvalue weighted by Crippen LogP contribution is 2.33. The van der Waals surface area contributed by atoms with Gasteiger partial charge in [-0.25, -0.2) is 0 Å². The maximum atomic E-state index is 12.7. The number of nitrogens with zero attached hydrogens (tertiary/aromatic N) is 1. The minimum atomic E-state index is -0.0187. The molecule has 1 aromatic carbocycles. The fourth-order valence-electron chi connectivity index (χ4n) is 2.98. The van der Waals surface area contributed by atoms with E-state index in [1.54, 1.807) is 6.07 Å². The Bertz CT molecular complexity index is 590. The molecule has 6 heteroatoms. The van der Waals surface area contributed by atoms with Crippen LogP contribution >= 0.6 is 11.8 Å². The Morgan fingerprint density at radius 3 is 3.05 bits per heavy atom. The van der Waals surface area contributed by atoms with Gasteiger partial charge in [-0.3, -0.25) is 9.59 Å². The zero-order valence-electron chi connectivity index (χ0n) is 12.0. The zero-order valence-corrected chi connectivity index (χ0v) is 12.8. The number of nitrogens with two attached hydrogens (primary N) is 1. The van der Waals surface area contributed by atoms with E-state index in [0.717, 1.165) is 17.0 Å². The van der Waals surface area contributed by atoms with Crippen molar-refractivity contribution < 1.29 is 9.59 Å². The number of carbonyl (C=O) groups excluding carboxylic acids is 2. The van der Waals surface area contributed by atoms with Gasteiger partial charge in [0.05, 0.1) is 11.4 Å². The topological polar surface area (TPSA) is 75.4 Å². The Morgan fingerprint density at radius 1 is 1.52 bits per heavy atom. The minimum absolute atomic E-state index is 0.0187. The van der Waals surface area contributed by atoms with Crippen molar-refractivity contribution in [2.45, 2.75) is 24.3 Å². The summed E-state index contributed by atoms with van der Waals surface area (Å²) in [7, 11) is 0. The largest absolute Gasteiger partial charge is 0.336 e. The van der Waals surface area contributed by atoms with Crippen LogP contribution in [0.3, 0.4) is 0 Å². The van der Waals surface area contributed by atoms with Crippen LogP contribution in [-0.2, 0) is 4.79 Å². The fraction of sp³-hybridized carbons (Fsp3) is 0.467. The molecule has 1 saturated heterocycles. The van der Waals surface area contributed by atoms with E-state index in [2.05, 4.69) is 12.2 Å². The second-order valence-corrected chi connectivity index (χ2v) is 6.71. The average molecular weight is 305 g/mol. The summed E-state index contributed by atoms with van der Waals surface area (Å²) in [5.74, 6) is 0.819. The Labute approximate surface area is 128 Å². The minimum Gasteiger partial charge on any atom is -0.336 e. The van der Waals surface area contributed by atoms with Gasteiger partial charge in [0.25, 0.3) is 5.91 Å². The molecule has 2 aliphatic heterocycles. The van der Waals surface area contributed by atoms with Crippen molar-refractivity contribution in [3.8, 4) is 0 Å². The van der Waals surface area contributed by atoms with Crippen molar-refractivity contribution in [3.63, 3.8) is 0 Å². The van der Waals surface area contributed by atoms with Gasteiger partial charge in [-0.1, -0.05) is 0 Å². The molecule has 0 saturated carbocycles. The van der Waals surface area contributed by atoms with Gasteiger partial charge >= 0.3 is 0 Å². The number of rotatable bonds is 2. The lowest BCUT2D eigenvalue weighted by Gasteiger charge is -2.23. The average Bonchev–Trinajstić information content (AvgIpc) is 2.87. The van der Waals surface area contributed by atoms with Crippen molar-refractivity contribution in [2.24, 2.45) is 11.7 Å². The number of benzene rings is 1. The van der Waals surface area contributed by atoms with Gasteiger partial charge < -0.3 is 16.0 Å². The number of hydrogen-bond acceptors (Lipinski definition) is 4. The molecule has 0 spiro atoms. The van der Waals surface area contributed by atoms with Gasteiger partial charge in [0.1, 0.15) is 0 Å². The molecular formula is C15H19N3O2S. The Morgan fingerprint density at radius 2 is 2.33 bits per heavy atom. The van der Waals surface area contributed by atoms with Crippen LogP contribution in [0.5, 0.6) is 0 Å². The van der Waals surface area contributed by atoms with Crippen molar-refractivity contribution in [1.29, 1.82) is 0 Å². The van der Waals surface area contributed by atoms with Crippen LogP contribution < -0.4 is 11.1 Å².